The molecule has 2 nitrogen and oxygen atoms in total. The standard InChI is InChI=1S/C48H48F6Ge2N2/c1-25-13-29(5)43(30(6)14-25)55(44-31(7)15-26(2)16-32(44)8)57(47-39(51)21-37(49)22-40(47)52)56(45-33(9)17-27(3)18-34(45)10,46-35(11)19-28(4)20-36(46)12)58(55)48-41(53)23-38(50)24-42(48)54/h13-24H,1-12H3. The Kier molecular flexibility index (Phi) is 10.6. The van der Waals surface area contributed by atoms with Crippen LogP contribution in [-0.4, -0.2) is 27.4 Å². The Hall–Kier alpha value is -4.41. The number of aryl methyl sites for hydroxylation is 12. The Bertz CT molecular complexity index is 2260. The van der Waals surface area contributed by atoms with E-state index in [1.807, 2.05) is 137 Å². The molecule has 300 valence electrons. The molecule has 0 amide bonds. The van der Waals surface area contributed by atoms with Crippen molar-refractivity contribution < 1.29 is 26.3 Å². The third-order valence-electron chi connectivity index (χ3n) is 11.8. The van der Waals surface area contributed by atoms with E-state index in [1.54, 1.807) is 0 Å². The summed E-state index contributed by atoms with van der Waals surface area (Å²) in [7, 11) is 0. The predicted octanol–water partition coefficient (Wildman–Crippen LogP) is 10.1. The summed E-state index contributed by atoms with van der Waals surface area (Å²) in [5.41, 5.74) is 9.13. The van der Waals surface area contributed by atoms with E-state index in [2.05, 4.69) is 0 Å². The Morgan fingerprint density at radius 2 is 0.466 bits per heavy atom. The Labute approximate surface area is 344 Å². The van der Waals surface area contributed by atoms with E-state index < -0.39 is 73.7 Å². The average Bonchev–Trinajstić information content (AvgIpc) is 3.05. The molecule has 0 saturated carbocycles. The molecule has 0 aromatic heterocycles. The number of hydrogen-bond acceptors (Lipinski definition) is 2. The van der Waals surface area contributed by atoms with Crippen LogP contribution >= 0.6 is 0 Å². The van der Waals surface area contributed by atoms with Crippen LogP contribution in [0.3, 0.4) is 0 Å². The first-order valence-corrected chi connectivity index (χ1v) is 27.4. The van der Waals surface area contributed by atoms with E-state index in [4.69, 9.17) is 0 Å². The molecule has 6 aromatic carbocycles. The summed E-state index contributed by atoms with van der Waals surface area (Å²) in [6.07, 6.45) is 0. The molecule has 6 aromatic rings. The number of anilines is 2. The number of halogens is 6. The fourth-order valence-corrected chi connectivity index (χ4v) is 55.5. The maximum atomic E-state index is 17.5. The van der Waals surface area contributed by atoms with E-state index in [9.17, 15) is 0 Å². The van der Waals surface area contributed by atoms with Crippen LogP contribution < -0.4 is 23.2 Å². The molecule has 0 radical (unpaired) electrons. The van der Waals surface area contributed by atoms with Crippen molar-refractivity contribution >= 4 is 56.4 Å². The molecule has 0 aliphatic carbocycles. The molecule has 7 rings (SSSR count). The maximum absolute atomic E-state index is 17.5. The van der Waals surface area contributed by atoms with Gasteiger partial charge in [0.25, 0.3) is 0 Å². The zero-order valence-corrected chi connectivity index (χ0v) is 39.3. The van der Waals surface area contributed by atoms with Crippen LogP contribution in [0, 0.1) is 118 Å². The average molecular weight is 912 g/mol. The SMILES string of the molecule is Cc1cc(C)[c]([Ge]2([c]3c(C)cc(C)cc3C)[N](c3c(F)cc(F)cc3F)[Ge]([c]3c(C)cc(C)cc3C)([c]3c(C)cc(C)cc3C)[N]2c2c(F)cc(F)cc2F)c(C)c1. The van der Waals surface area contributed by atoms with Crippen molar-refractivity contribution in [3.05, 3.63) is 174 Å². The van der Waals surface area contributed by atoms with Gasteiger partial charge in [-0.3, -0.25) is 0 Å². The van der Waals surface area contributed by atoms with Gasteiger partial charge in [-0.05, 0) is 0 Å². The zero-order valence-electron chi connectivity index (χ0n) is 35.1. The van der Waals surface area contributed by atoms with Crippen LogP contribution in [0.5, 0.6) is 0 Å². The molecule has 1 fully saturated rings. The summed E-state index contributed by atoms with van der Waals surface area (Å²) in [4.78, 5) is 0. The first-order chi connectivity index (χ1) is 27.2. The van der Waals surface area contributed by atoms with Gasteiger partial charge in [-0.15, -0.1) is 0 Å². The van der Waals surface area contributed by atoms with Crippen molar-refractivity contribution in [3.8, 4) is 0 Å². The second-order valence-corrected chi connectivity index (χ2v) is 34.1. The van der Waals surface area contributed by atoms with Crippen LogP contribution in [-0.2, 0) is 0 Å². The summed E-state index contributed by atoms with van der Waals surface area (Å²) in [5.74, 6) is -6.63. The van der Waals surface area contributed by atoms with Crippen LogP contribution in [0.4, 0.5) is 37.7 Å². The summed E-state index contributed by atoms with van der Waals surface area (Å²) in [6, 6.07) is 18.8. The van der Waals surface area contributed by atoms with Crippen molar-refractivity contribution in [1.29, 1.82) is 0 Å². The number of rotatable bonds is 6. The fourth-order valence-electron chi connectivity index (χ4n) is 10.8. The normalized spacial score (nSPS) is 14.6. The molecule has 58 heavy (non-hydrogen) atoms. The molecule has 1 aliphatic rings. The molecule has 10 heteroatoms. The van der Waals surface area contributed by atoms with Gasteiger partial charge in [0.05, 0.1) is 0 Å². The predicted molar refractivity (Wildman–Crippen MR) is 230 cm³/mol. The number of benzene rings is 6. The van der Waals surface area contributed by atoms with Crippen molar-refractivity contribution in [3.63, 3.8) is 0 Å². The Morgan fingerprint density at radius 3 is 0.638 bits per heavy atom. The fraction of sp³-hybridized carbons (Fsp3) is 0.250. The van der Waals surface area contributed by atoms with Crippen LogP contribution in [0.25, 0.3) is 0 Å². The van der Waals surface area contributed by atoms with Crippen LogP contribution in [0.15, 0.2) is 72.8 Å². The summed E-state index contributed by atoms with van der Waals surface area (Å²) in [6.45, 7) is 23.3. The molecule has 0 N–H and O–H groups in total. The molecule has 0 bridgehead atoms. The van der Waals surface area contributed by atoms with Gasteiger partial charge in [0.2, 0.25) is 0 Å². The van der Waals surface area contributed by atoms with E-state index in [0.717, 1.165) is 84.3 Å². The zero-order chi connectivity index (χ0) is 42.5. The molecule has 1 heterocycles. The van der Waals surface area contributed by atoms with Crippen molar-refractivity contribution in [2.75, 3.05) is 5.63 Å². The van der Waals surface area contributed by atoms with Crippen LogP contribution in [0.2, 0.25) is 0 Å². The van der Waals surface area contributed by atoms with Crippen LogP contribution in [0.1, 0.15) is 66.8 Å². The third-order valence-corrected chi connectivity index (χ3v) is 45.7. The minimum atomic E-state index is -5.40. The van der Waals surface area contributed by atoms with Gasteiger partial charge in [0.15, 0.2) is 0 Å². The quantitative estimate of drug-likeness (QED) is 0.121. The van der Waals surface area contributed by atoms with Gasteiger partial charge in [-0.25, -0.2) is 0 Å². The third kappa shape index (κ3) is 6.06. The van der Waals surface area contributed by atoms with Gasteiger partial charge >= 0.3 is 346 Å². The van der Waals surface area contributed by atoms with E-state index >= 15 is 26.3 Å². The Morgan fingerprint density at radius 1 is 0.293 bits per heavy atom. The minimum absolute atomic E-state index is 0.432. The van der Waals surface area contributed by atoms with Crippen molar-refractivity contribution in [1.82, 2.24) is 0 Å². The second kappa shape index (κ2) is 14.7. The number of nitrogens with zero attached hydrogens (tertiary/aromatic N) is 2. The second-order valence-electron chi connectivity index (χ2n) is 16.5. The molecular weight excluding hydrogens is 864 g/mol. The van der Waals surface area contributed by atoms with Gasteiger partial charge in [0.1, 0.15) is 0 Å². The van der Waals surface area contributed by atoms with E-state index in [0.29, 0.717) is 24.3 Å². The summed E-state index contributed by atoms with van der Waals surface area (Å²) in [5, 5.41) is 0. The first kappa shape index (κ1) is 41.7. The van der Waals surface area contributed by atoms with E-state index in [1.165, 1.54) is 0 Å². The summed E-state index contributed by atoms with van der Waals surface area (Å²) < 4.78 is 107. The molecule has 0 spiro atoms. The molecule has 0 atom stereocenters. The number of hydrogen-bond donors (Lipinski definition) is 0. The molecule has 1 saturated heterocycles. The monoisotopic (exact) mass is 914 g/mol. The molecule has 0 unspecified atom stereocenters. The van der Waals surface area contributed by atoms with Crippen molar-refractivity contribution in [2.24, 2.45) is 0 Å². The molecular formula is C48H48F6Ge2N2. The molecule has 1 aliphatic heterocycles. The Balaban J connectivity index is 1.94. The van der Waals surface area contributed by atoms with Gasteiger partial charge in [0, 0.05) is 0 Å². The van der Waals surface area contributed by atoms with Gasteiger partial charge < -0.3 is 0 Å². The summed E-state index contributed by atoms with van der Waals surface area (Å²) >= 11 is -10.8. The van der Waals surface area contributed by atoms with Gasteiger partial charge in [-0.2, -0.15) is 0 Å². The van der Waals surface area contributed by atoms with Crippen molar-refractivity contribution in [2.45, 2.75) is 83.1 Å². The van der Waals surface area contributed by atoms with E-state index in [-0.39, 0.29) is 0 Å². The van der Waals surface area contributed by atoms with Gasteiger partial charge in [-0.1, -0.05) is 0 Å². The topological polar surface area (TPSA) is 6.48 Å². The first-order valence-electron chi connectivity index (χ1n) is 19.4.